The third kappa shape index (κ3) is 5.80. The standard InChI is InChI=1S/C31H37ClF3N3O3/c1-21-6-5-15-38(21)28(39)26-10-9-25(20-27(26)32)36-16-11-22(12-17-36)23-13-18-37(19-14-23)29(40)30(41,31(33,34)35)24-7-3-2-4-8-24/h2-4,7-10,20-23,41H,5-6,11-19H2,1H3/t21?,30-/m1/s1. The largest absolute Gasteiger partial charge is 0.430 e. The Kier molecular flexibility index (Phi) is 8.58. The Morgan fingerprint density at radius 3 is 2.02 bits per heavy atom. The lowest BCUT2D eigenvalue weighted by Crippen LogP contribution is -2.57. The van der Waals surface area contributed by atoms with E-state index < -0.39 is 23.2 Å². The number of nitrogens with zero attached hydrogens (tertiary/aromatic N) is 3. The van der Waals surface area contributed by atoms with Crippen LogP contribution in [0.5, 0.6) is 0 Å². The van der Waals surface area contributed by atoms with E-state index in [1.807, 2.05) is 23.1 Å². The highest BCUT2D eigenvalue weighted by atomic mass is 35.5. The van der Waals surface area contributed by atoms with Crippen molar-refractivity contribution in [3.05, 3.63) is 64.7 Å². The minimum absolute atomic E-state index is 0.0208. The van der Waals surface area contributed by atoms with Crippen LogP contribution in [0.3, 0.4) is 0 Å². The van der Waals surface area contributed by atoms with Gasteiger partial charge < -0.3 is 19.8 Å². The number of benzene rings is 2. The number of likely N-dealkylation sites (tertiary alicyclic amines) is 2. The van der Waals surface area contributed by atoms with Crippen LogP contribution < -0.4 is 4.90 Å². The summed E-state index contributed by atoms with van der Waals surface area (Å²) in [6.07, 6.45) is -0.0353. The number of halogens is 4. The lowest BCUT2D eigenvalue weighted by molar-refractivity contribution is -0.262. The molecule has 5 rings (SSSR count). The van der Waals surface area contributed by atoms with E-state index in [0.29, 0.717) is 35.3 Å². The average molecular weight is 592 g/mol. The summed E-state index contributed by atoms with van der Waals surface area (Å²) in [5.74, 6) is -0.606. The lowest BCUT2D eigenvalue weighted by Gasteiger charge is -2.42. The van der Waals surface area contributed by atoms with E-state index in [1.54, 1.807) is 6.07 Å². The molecule has 1 unspecified atom stereocenters. The first-order chi connectivity index (χ1) is 19.5. The van der Waals surface area contributed by atoms with Gasteiger partial charge in [0, 0.05) is 50.0 Å². The highest BCUT2D eigenvalue weighted by molar-refractivity contribution is 6.34. The molecule has 3 fully saturated rings. The van der Waals surface area contributed by atoms with Crippen LogP contribution in [-0.2, 0) is 10.4 Å². The van der Waals surface area contributed by atoms with Crippen LogP contribution in [0.2, 0.25) is 5.02 Å². The number of anilines is 1. The van der Waals surface area contributed by atoms with Crippen LogP contribution in [0.1, 0.15) is 61.4 Å². The van der Waals surface area contributed by atoms with Gasteiger partial charge in [0.05, 0.1) is 10.6 Å². The lowest BCUT2D eigenvalue weighted by atomic mass is 9.78. The molecule has 0 aromatic heterocycles. The van der Waals surface area contributed by atoms with Crippen molar-refractivity contribution in [1.29, 1.82) is 0 Å². The van der Waals surface area contributed by atoms with E-state index in [2.05, 4.69) is 11.8 Å². The summed E-state index contributed by atoms with van der Waals surface area (Å²) >= 11 is 6.56. The maximum atomic E-state index is 14.0. The van der Waals surface area contributed by atoms with Gasteiger partial charge in [0.25, 0.3) is 17.4 Å². The predicted octanol–water partition coefficient (Wildman–Crippen LogP) is 5.87. The minimum atomic E-state index is -5.13. The Labute approximate surface area is 244 Å². The SMILES string of the molecule is CC1CCCN1C(=O)c1ccc(N2CCC(C3CCN(C(=O)[C@](O)(c4ccccc4)C(F)(F)F)CC3)CC2)cc1Cl. The first-order valence-corrected chi connectivity index (χ1v) is 14.9. The number of carbonyl (C=O) groups excluding carboxylic acids is 2. The second-order valence-electron chi connectivity index (χ2n) is 11.7. The summed E-state index contributed by atoms with van der Waals surface area (Å²) in [5, 5.41) is 11.1. The Hall–Kier alpha value is -2.78. The van der Waals surface area contributed by atoms with Crippen molar-refractivity contribution in [2.45, 2.75) is 63.3 Å². The molecule has 2 aromatic rings. The number of alkyl halides is 3. The van der Waals surface area contributed by atoms with Crippen molar-refractivity contribution in [2.75, 3.05) is 37.6 Å². The summed E-state index contributed by atoms with van der Waals surface area (Å²) in [6, 6.07) is 12.5. The topological polar surface area (TPSA) is 64.1 Å². The summed E-state index contributed by atoms with van der Waals surface area (Å²) < 4.78 is 41.9. The number of hydrogen-bond acceptors (Lipinski definition) is 4. The smallest absolute Gasteiger partial charge is 0.371 e. The van der Waals surface area contributed by atoms with Gasteiger partial charge >= 0.3 is 6.18 Å². The molecule has 41 heavy (non-hydrogen) atoms. The van der Waals surface area contributed by atoms with Gasteiger partial charge in [-0.05, 0) is 75.5 Å². The van der Waals surface area contributed by atoms with Crippen molar-refractivity contribution in [1.82, 2.24) is 9.80 Å². The summed E-state index contributed by atoms with van der Waals surface area (Å²) in [5.41, 5.74) is -2.51. The molecular formula is C31H37ClF3N3O3. The number of hydrogen-bond donors (Lipinski definition) is 1. The predicted molar refractivity (Wildman–Crippen MR) is 152 cm³/mol. The molecule has 2 amide bonds. The molecule has 6 nitrogen and oxygen atoms in total. The minimum Gasteiger partial charge on any atom is -0.371 e. The molecule has 1 N–H and O–H groups in total. The zero-order valence-corrected chi connectivity index (χ0v) is 24.0. The monoisotopic (exact) mass is 591 g/mol. The Balaban J connectivity index is 1.16. The molecule has 10 heteroatoms. The number of aliphatic hydroxyl groups is 1. The van der Waals surface area contributed by atoms with Gasteiger partial charge in [-0.2, -0.15) is 13.2 Å². The zero-order valence-electron chi connectivity index (χ0n) is 23.2. The van der Waals surface area contributed by atoms with Crippen molar-refractivity contribution < 1.29 is 27.9 Å². The number of rotatable bonds is 5. The second kappa shape index (κ2) is 11.8. The number of amides is 2. The van der Waals surface area contributed by atoms with E-state index in [4.69, 9.17) is 11.6 Å². The third-order valence-corrected chi connectivity index (χ3v) is 9.62. The van der Waals surface area contributed by atoms with Gasteiger partial charge in [-0.3, -0.25) is 9.59 Å². The van der Waals surface area contributed by atoms with Crippen molar-refractivity contribution in [2.24, 2.45) is 11.8 Å². The normalized spacial score (nSPS) is 22.6. The van der Waals surface area contributed by atoms with Gasteiger partial charge in [0.1, 0.15) is 0 Å². The first-order valence-electron chi connectivity index (χ1n) is 14.5. The maximum Gasteiger partial charge on any atom is 0.430 e. The number of piperidine rings is 2. The quantitative estimate of drug-likeness (QED) is 0.472. The van der Waals surface area contributed by atoms with Gasteiger partial charge in [-0.1, -0.05) is 41.9 Å². The molecule has 0 bridgehead atoms. The van der Waals surface area contributed by atoms with Gasteiger partial charge in [0.15, 0.2) is 0 Å². The molecule has 2 aromatic carbocycles. The van der Waals surface area contributed by atoms with E-state index in [-0.39, 0.29) is 25.0 Å². The average Bonchev–Trinajstić information content (AvgIpc) is 3.41. The molecule has 0 spiro atoms. The number of carbonyl (C=O) groups is 2. The summed E-state index contributed by atoms with van der Waals surface area (Å²) in [6.45, 7) is 4.84. The second-order valence-corrected chi connectivity index (χ2v) is 12.1. The fraction of sp³-hybridized carbons (Fsp3) is 0.548. The van der Waals surface area contributed by atoms with Gasteiger partial charge in [-0.15, -0.1) is 0 Å². The fourth-order valence-corrected chi connectivity index (χ4v) is 7.04. The summed E-state index contributed by atoms with van der Waals surface area (Å²) in [7, 11) is 0. The van der Waals surface area contributed by atoms with Crippen LogP contribution in [0.25, 0.3) is 0 Å². The van der Waals surface area contributed by atoms with Crippen LogP contribution in [0.4, 0.5) is 18.9 Å². The van der Waals surface area contributed by atoms with Crippen molar-refractivity contribution in [3.8, 4) is 0 Å². The molecule has 0 aliphatic carbocycles. The van der Waals surface area contributed by atoms with Gasteiger partial charge in [0.2, 0.25) is 0 Å². The highest BCUT2D eigenvalue weighted by Crippen LogP contribution is 2.42. The summed E-state index contributed by atoms with van der Waals surface area (Å²) in [4.78, 5) is 31.3. The van der Waals surface area contributed by atoms with E-state index in [1.165, 1.54) is 17.0 Å². The van der Waals surface area contributed by atoms with E-state index in [0.717, 1.165) is 63.1 Å². The molecule has 3 heterocycles. The van der Waals surface area contributed by atoms with Gasteiger partial charge in [-0.25, -0.2) is 0 Å². The molecule has 0 radical (unpaired) electrons. The first kappa shape index (κ1) is 29.7. The van der Waals surface area contributed by atoms with E-state index in [9.17, 15) is 27.9 Å². The molecule has 3 aliphatic rings. The van der Waals surface area contributed by atoms with Crippen LogP contribution in [0, 0.1) is 11.8 Å². The maximum absolute atomic E-state index is 14.0. The van der Waals surface area contributed by atoms with Crippen LogP contribution >= 0.6 is 11.6 Å². The third-order valence-electron chi connectivity index (χ3n) is 9.31. The van der Waals surface area contributed by atoms with Crippen molar-refractivity contribution >= 4 is 29.1 Å². The fourth-order valence-electron chi connectivity index (χ4n) is 6.78. The molecule has 0 saturated carbocycles. The Morgan fingerprint density at radius 2 is 1.49 bits per heavy atom. The van der Waals surface area contributed by atoms with Crippen LogP contribution in [-0.4, -0.2) is 71.7 Å². The molecular weight excluding hydrogens is 555 g/mol. The Morgan fingerprint density at radius 1 is 0.878 bits per heavy atom. The molecule has 3 aliphatic heterocycles. The molecule has 222 valence electrons. The van der Waals surface area contributed by atoms with E-state index >= 15 is 0 Å². The zero-order chi connectivity index (χ0) is 29.4. The Bertz CT molecular complexity index is 1240. The highest BCUT2D eigenvalue weighted by Gasteiger charge is 2.62. The van der Waals surface area contributed by atoms with Crippen LogP contribution in [0.15, 0.2) is 48.5 Å². The van der Waals surface area contributed by atoms with Crippen molar-refractivity contribution in [3.63, 3.8) is 0 Å². The molecule has 3 saturated heterocycles. The molecule has 2 atom stereocenters.